The van der Waals surface area contributed by atoms with Gasteiger partial charge in [-0.15, -0.1) is 0 Å². The second kappa shape index (κ2) is 5.37. The minimum absolute atomic E-state index is 0.362. The number of nitrogens with zero attached hydrogens (tertiary/aromatic N) is 3. The highest BCUT2D eigenvalue weighted by molar-refractivity contribution is 9.18. The fourth-order valence-corrected chi connectivity index (χ4v) is 2.74. The number of methoxy groups -OCH3 is 1. The first-order valence-electron chi connectivity index (χ1n) is 6.34. The minimum Gasteiger partial charge on any atom is -0.465 e. The summed E-state index contributed by atoms with van der Waals surface area (Å²) in [5.74, 6) is 0.342. The maximum absolute atomic E-state index is 12.0. The van der Waals surface area contributed by atoms with Gasteiger partial charge >= 0.3 is 5.97 Å². The van der Waals surface area contributed by atoms with E-state index >= 15 is 0 Å². The van der Waals surface area contributed by atoms with Crippen LogP contribution in [0.1, 0.15) is 27.3 Å². The van der Waals surface area contributed by atoms with Crippen molar-refractivity contribution in [1.29, 1.82) is 0 Å². The number of hydrogen-bond donors (Lipinski definition) is 0. The van der Waals surface area contributed by atoms with Crippen LogP contribution in [0.4, 0.5) is 0 Å². The molecule has 1 aliphatic rings. The van der Waals surface area contributed by atoms with E-state index in [-0.39, 0.29) is 5.97 Å². The average molecular weight is 346 g/mol. The fourth-order valence-electron chi connectivity index (χ4n) is 2.26. The van der Waals surface area contributed by atoms with Crippen molar-refractivity contribution in [2.75, 3.05) is 7.11 Å². The highest BCUT2D eigenvalue weighted by Crippen LogP contribution is 2.31. The third-order valence-corrected chi connectivity index (χ3v) is 4.05. The molecule has 0 N–H and O–H groups in total. The quantitative estimate of drug-likeness (QED) is 0.785. The van der Waals surface area contributed by atoms with Crippen molar-refractivity contribution in [1.82, 2.24) is 9.97 Å². The SMILES string of the molecule is COC(=O)c1cc(-c2cnc(C)nc2)cc2c1CN=C2Br. The molecule has 2 heterocycles. The van der Waals surface area contributed by atoms with E-state index in [1.807, 2.05) is 13.0 Å². The molecule has 106 valence electrons. The highest BCUT2D eigenvalue weighted by Gasteiger charge is 2.23. The van der Waals surface area contributed by atoms with Crippen LogP contribution in [0.2, 0.25) is 0 Å². The van der Waals surface area contributed by atoms with E-state index < -0.39 is 0 Å². The van der Waals surface area contributed by atoms with Crippen LogP contribution < -0.4 is 0 Å². The number of ether oxygens (including phenoxy) is 1. The Hall–Kier alpha value is -2.08. The lowest BCUT2D eigenvalue weighted by Crippen LogP contribution is -2.07. The first-order chi connectivity index (χ1) is 10.1. The molecular formula is C15H12BrN3O2. The topological polar surface area (TPSA) is 64.4 Å². The van der Waals surface area contributed by atoms with E-state index in [0.29, 0.717) is 17.9 Å². The third-order valence-electron chi connectivity index (χ3n) is 3.37. The summed E-state index contributed by atoms with van der Waals surface area (Å²) in [6.45, 7) is 2.31. The number of hydrogen-bond acceptors (Lipinski definition) is 5. The van der Waals surface area contributed by atoms with Crippen LogP contribution in [0.3, 0.4) is 0 Å². The van der Waals surface area contributed by atoms with Crippen LogP contribution in [-0.4, -0.2) is 27.7 Å². The molecule has 0 unspecified atom stereocenters. The average Bonchev–Trinajstić information content (AvgIpc) is 2.88. The van der Waals surface area contributed by atoms with Gasteiger partial charge in [0.1, 0.15) is 10.4 Å². The molecule has 0 bridgehead atoms. The van der Waals surface area contributed by atoms with Gasteiger partial charge in [0.2, 0.25) is 0 Å². The van der Waals surface area contributed by atoms with E-state index in [9.17, 15) is 4.79 Å². The largest absolute Gasteiger partial charge is 0.465 e. The van der Waals surface area contributed by atoms with Crippen LogP contribution in [0.15, 0.2) is 29.5 Å². The minimum atomic E-state index is -0.362. The summed E-state index contributed by atoms with van der Waals surface area (Å²) in [5.41, 5.74) is 4.03. The Morgan fingerprint density at radius 2 is 1.95 bits per heavy atom. The number of carbonyl (C=O) groups excluding carboxylic acids is 1. The van der Waals surface area contributed by atoms with Gasteiger partial charge in [0.05, 0.1) is 19.2 Å². The number of esters is 1. The van der Waals surface area contributed by atoms with Gasteiger partial charge in [0, 0.05) is 23.5 Å². The maximum Gasteiger partial charge on any atom is 0.338 e. The van der Waals surface area contributed by atoms with Gasteiger partial charge in [-0.25, -0.2) is 14.8 Å². The predicted octanol–water partition coefficient (Wildman–Crippen LogP) is 2.89. The van der Waals surface area contributed by atoms with Crippen molar-refractivity contribution in [3.05, 3.63) is 47.0 Å². The summed E-state index contributed by atoms with van der Waals surface area (Å²) in [6, 6.07) is 3.79. The number of carbonyl (C=O) groups is 1. The molecule has 0 saturated heterocycles. The summed E-state index contributed by atoms with van der Waals surface area (Å²) < 4.78 is 5.62. The van der Waals surface area contributed by atoms with Gasteiger partial charge in [0.15, 0.2) is 0 Å². The lowest BCUT2D eigenvalue weighted by Gasteiger charge is -2.10. The van der Waals surface area contributed by atoms with Crippen LogP contribution >= 0.6 is 15.9 Å². The first-order valence-corrected chi connectivity index (χ1v) is 7.14. The number of fused-ring (bicyclic) bond motifs is 1. The number of aromatic nitrogens is 2. The van der Waals surface area contributed by atoms with Crippen molar-refractivity contribution in [3.8, 4) is 11.1 Å². The van der Waals surface area contributed by atoms with Gasteiger partial charge in [-0.1, -0.05) is 0 Å². The Morgan fingerprint density at radius 1 is 1.24 bits per heavy atom. The Kier molecular flexibility index (Phi) is 3.55. The fraction of sp³-hybridized carbons (Fsp3) is 0.200. The Labute approximate surface area is 130 Å². The van der Waals surface area contributed by atoms with Gasteiger partial charge in [-0.3, -0.25) is 4.99 Å². The molecule has 0 saturated carbocycles. The molecule has 0 aliphatic carbocycles. The molecule has 0 radical (unpaired) electrons. The zero-order valence-electron chi connectivity index (χ0n) is 11.6. The summed E-state index contributed by atoms with van der Waals surface area (Å²) in [6.07, 6.45) is 3.48. The van der Waals surface area contributed by atoms with E-state index in [2.05, 4.69) is 30.9 Å². The summed E-state index contributed by atoms with van der Waals surface area (Å²) in [5, 5.41) is 0. The van der Waals surface area contributed by atoms with Crippen LogP contribution in [0.5, 0.6) is 0 Å². The van der Waals surface area contributed by atoms with Crippen molar-refractivity contribution >= 4 is 26.5 Å². The van der Waals surface area contributed by atoms with E-state index in [1.165, 1.54) is 7.11 Å². The molecule has 1 aliphatic heterocycles. The standard InChI is InChI=1S/C15H12BrN3O2/c1-8-17-5-10(6-18-8)9-3-11-13(7-19-14(11)16)12(4-9)15(20)21-2/h3-6H,7H2,1-2H3. The van der Waals surface area contributed by atoms with E-state index in [0.717, 1.165) is 26.9 Å². The molecule has 0 amide bonds. The number of rotatable bonds is 2. The molecule has 1 aromatic carbocycles. The van der Waals surface area contributed by atoms with Crippen LogP contribution in [0, 0.1) is 6.92 Å². The zero-order chi connectivity index (χ0) is 15.0. The predicted molar refractivity (Wildman–Crippen MR) is 82.7 cm³/mol. The molecule has 0 atom stereocenters. The summed E-state index contributed by atoms with van der Waals surface area (Å²) in [4.78, 5) is 24.7. The molecule has 0 fully saturated rings. The van der Waals surface area contributed by atoms with Crippen LogP contribution in [0.25, 0.3) is 11.1 Å². The number of aryl methyl sites for hydroxylation is 1. The van der Waals surface area contributed by atoms with E-state index in [4.69, 9.17) is 4.74 Å². The number of benzene rings is 1. The van der Waals surface area contributed by atoms with Gasteiger partial charge in [-0.2, -0.15) is 0 Å². The maximum atomic E-state index is 12.0. The molecule has 5 nitrogen and oxygen atoms in total. The molecule has 3 rings (SSSR count). The molecule has 1 aromatic heterocycles. The summed E-state index contributed by atoms with van der Waals surface area (Å²) >= 11 is 3.43. The van der Waals surface area contributed by atoms with Gasteiger partial charge < -0.3 is 4.74 Å². The molecule has 6 heteroatoms. The molecule has 2 aromatic rings. The van der Waals surface area contributed by atoms with E-state index in [1.54, 1.807) is 18.5 Å². The molecule has 0 spiro atoms. The Bertz CT molecular complexity index is 754. The van der Waals surface area contributed by atoms with Crippen molar-refractivity contribution in [2.24, 2.45) is 4.99 Å². The van der Waals surface area contributed by atoms with Gasteiger partial charge in [-0.05, 0) is 46.1 Å². The monoisotopic (exact) mass is 345 g/mol. The Morgan fingerprint density at radius 3 is 2.62 bits per heavy atom. The highest BCUT2D eigenvalue weighted by atomic mass is 79.9. The number of aliphatic imine (C=N–C) groups is 1. The Balaban J connectivity index is 2.18. The molecule has 21 heavy (non-hydrogen) atoms. The third kappa shape index (κ3) is 2.47. The van der Waals surface area contributed by atoms with Gasteiger partial charge in [0.25, 0.3) is 0 Å². The van der Waals surface area contributed by atoms with Crippen molar-refractivity contribution < 1.29 is 9.53 Å². The molecular weight excluding hydrogens is 334 g/mol. The zero-order valence-corrected chi connectivity index (χ0v) is 13.1. The summed E-state index contributed by atoms with van der Waals surface area (Å²) in [7, 11) is 1.38. The van der Waals surface area contributed by atoms with Crippen molar-refractivity contribution in [2.45, 2.75) is 13.5 Å². The smallest absolute Gasteiger partial charge is 0.338 e. The van der Waals surface area contributed by atoms with Crippen molar-refractivity contribution in [3.63, 3.8) is 0 Å². The first kappa shape index (κ1) is 13.9. The lowest BCUT2D eigenvalue weighted by atomic mass is 9.97. The normalized spacial score (nSPS) is 12.8. The lowest BCUT2D eigenvalue weighted by molar-refractivity contribution is 0.0599. The second-order valence-corrected chi connectivity index (χ2v) is 5.42. The second-order valence-electron chi connectivity index (χ2n) is 4.67. The van der Waals surface area contributed by atoms with Crippen LogP contribution in [-0.2, 0) is 11.3 Å². The number of halogens is 1.